The van der Waals surface area contributed by atoms with Crippen molar-refractivity contribution in [1.29, 1.82) is 0 Å². The number of nitrogen functional groups attached to an aromatic ring is 1. The Kier molecular flexibility index (Phi) is 6.56. The highest BCUT2D eigenvalue weighted by Gasteiger charge is 2.33. The summed E-state index contributed by atoms with van der Waals surface area (Å²) < 4.78 is 1.90. The number of carbonyl (C=O) groups excluding carboxylic acids is 2. The minimum Gasteiger partial charge on any atom is -0.382 e. The van der Waals surface area contributed by atoms with Crippen molar-refractivity contribution in [3.63, 3.8) is 0 Å². The number of aryl methyl sites for hydroxylation is 1. The van der Waals surface area contributed by atoms with E-state index < -0.39 is 0 Å². The Balaban J connectivity index is 1.48. The Hall–Kier alpha value is -4.71. The Labute approximate surface area is 214 Å². The van der Waals surface area contributed by atoms with E-state index in [4.69, 9.17) is 10.7 Å². The quantitative estimate of drug-likeness (QED) is 0.408. The fourth-order valence-corrected chi connectivity index (χ4v) is 4.71. The van der Waals surface area contributed by atoms with Crippen molar-refractivity contribution in [3.8, 4) is 23.1 Å². The smallest absolute Gasteiger partial charge is 0.299 e. The third-order valence-electron chi connectivity index (χ3n) is 6.55. The van der Waals surface area contributed by atoms with Crippen molar-refractivity contribution in [2.45, 2.75) is 39.2 Å². The van der Waals surface area contributed by atoms with Crippen LogP contribution >= 0.6 is 0 Å². The maximum atomic E-state index is 12.8. The number of hydrogen-bond acceptors (Lipinski definition) is 6. The molecule has 2 amide bonds. The van der Waals surface area contributed by atoms with Gasteiger partial charge in [-0.05, 0) is 61.9 Å². The van der Waals surface area contributed by atoms with Crippen molar-refractivity contribution >= 4 is 29.0 Å². The molecule has 0 bridgehead atoms. The number of anilines is 2. The predicted octanol–water partition coefficient (Wildman–Crippen LogP) is 3.88. The number of rotatable bonds is 5. The largest absolute Gasteiger partial charge is 0.382 e. The van der Waals surface area contributed by atoms with E-state index in [9.17, 15) is 9.59 Å². The van der Waals surface area contributed by atoms with Crippen molar-refractivity contribution in [2.24, 2.45) is 0 Å². The second-order valence-corrected chi connectivity index (χ2v) is 8.82. The van der Waals surface area contributed by atoms with Crippen LogP contribution in [-0.4, -0.2) is 42.6 Å². The molecule has 4 aromatic rings. The lowest BCUT2D eigenvalue weighted by molar-refractivity contribution is -0.126. The van der Waals surface area contributed by atoms with Crippen LogP contribution in [0.2, 0.25) is 0 Å². The van der Waals surface area contributed by atoms with Crippen LogP contribution in [0.15, 0.2) is 55.0 Å². The van der Waals surface area contributed by atoms with Gasteiger partial charge in [-0.3, -0.25) is 14.0 Å². The highest BCUT2D eigenvalue weighted by Crippen LogP contribution is 2.36. The summed E-state index contributed by atoms with van der Waals surface area (Å²) in [6, 6.07) is 10.7. The SMILES string of the molecule is CC#CC(=O)N1CCC[C@H]1c1nc(-c2ccc(C(=O)Nc3cc(CC)ccn3)cc2)c2c(N)nccn12. The maximum Gasteiger partial charge on any atom is 0.299 e. The molecule has 0 radical (unpaired) electrons. The predicted molar refractivity (Wildman–Crippen MR) is 142 cm³/mol. The van der Waals surface area contributed by atoms with Gasteiger partial charge in [-0.1, -0.05) is 25.0 Å². The van der Waals surface area contributed by atoms with Gasteiger partial charge in [0.05, 0.1) is 6.04 Å². The molecule has 1 aliphatic heterocycles. The first kappa shape index (κ1) is 24.0. The molecule has 1 atom stereocenters. The van der Waals surface area contributed by atoms with E-state index in [1.54, 1.807) is 36.4 Å². The van der Waals surface area contributed by atoms with Crippen LogP contribution in [0.4, 0.5) is 11.6 Å². The van der Waals surface area contributed by atoms with E-state index in [-0.39, 0.29) is 17.9 Å². The van der Waals surface area contributed by atoms with E-state index >= 15 is 0 Å². The molecule has 0 aliphatic carbocycles. The van der Waals surface area contributed by atoms with E-state index in [0.29, 0.717) is 40.8 Å². The van der Waals surface area contributed by atoms with Gasteiger partial charge >= 0.3 is 0 Å². The average Bonchev–Trinajstić information content (AvgIpc) is 3.55. The molecule has 3 aromatic heterocycles. The second kappa shape index (κ2) is 10.1. The topological polar surface area (TPSA) is 119 Å². The summed E-state index contributed by atoms with van der Waals surface area (Å²) in [6.45, 7) is 4.33. The third kappa shape index (κ3) is 4.61. The average molecular weight is 494 g/mol. The standard InChI is InChI=1S/C28H27N7O2/c1-3-6-23(36)34-15-5-7-21(34)27-33-24(25-26(29)31-14-16-35(25)27)19-8-10-20(11-9-19)28(37)32-22-17-18(4-2)12-13-30-22/h8-14,16-17,21H,4-5,7,15H2,1-2H3,(H2,29,31)(H,30,32,37)/t21-/m0/s1. The Bertz CT molecular complexity index is 1550. The lowest BCUT2D eigenvalue weighted by Gasteiger charge is -2.21. The molecule has 0 spiro atoms. The zero-order valence-electron chi connectivity index (χ0n) is 20.7. The Morgan fingerprint density at radius 2 is 1.97 bits per heavy atom. The van der Waals surface area contributed by atoms with Crippen molar-refractivity contribution < 1.29 is 9.59 Å². The summed E-state index contributed by atoms with van der Waals surface area (Å²) in [5.41, 5.74) is 9.97. The van der Waals surface area contributed by atoms with Crippen LogP contribution < -0.4 is 11.1 Å². The van der Waals surface area contributed by atoms with Crippen LogP contribution in [0.1, 0.15) is 54.5 Å². The summed E-state index contributed by atoms with van der Waals surface area (Å²) in [4.78, 5) is 40.6. The maximum absolute atomic E-state index is 12.8. The minimum atomic E-state index is -0.249. The summed E-state index contributed by atoms with van der Waals surface area (Å²) in [6.07, 6.45) is 7.63. The van der Waals surface area contributed by atoms with Crippen LogP contribution in [0.25, 0.3) is 16.8 Å². The molecule has 1 aliphatic rings. The van der Waals surface area contributed by atoms with E-state index in [2.05, 4.69) is 27.1 Å². The van der Waals surface area contributed by atoms with Gasteiger partial charge in [0.25, 0.3) is 11.8 Å². The number of imidazole rings is 1. The monoisotopic (exact) mass is 493 g/mol. The van der Waals surface area contributed by atoms with E-state index in [1.807, 2.05) is 41.8 Å². The number of pyridine rings is 1. The van der Waals surface area contributed by atoms with Crippen LogP contribution in [0.3, 0.4) is 0 Å². The van der Waals surface area contributed by atoms with Crippen molar-refractivity contribution in [3.05, 3.63) is 71.9 Å². The number of carbonyl (C=O) groups is 2. The number of hydrogen-bond donors (Lipinski definition) is 2. The zero-order valence-corrected chi connectivity index (χ0v) is 20.7. The number of nitrogens with two attached hydrogens (primary N) is 1. The summed E-state index contributed by atoms with van der Waals surface area (Å²) in [5, 5.41) is 2.85. The number of benzene rings is 1. The number of nitrogens with one attached hydrogen (secondary N) is 1. The highest BCUT2D eigenvalue weighted by atomic mass is 16.2. The molecule has 0 unspecified atom stereocenters. The number of amides is 2. The molecule has 3 N–H and O–H groups in total. The van der Waals surface area contributed by atoms with Gasteiger partial charge in [-0.25, -0.2) is 15.0 Å². The Morgan fingerprint density at radius 1 is 1.16 bits per heavy atom. The van der Waals surface area contributed by atoms with E-state index in [1.165, 1.54) is 0 Å². The Morgan fingerprint density at radius 3 is 2.73 bits per heavy atom. The number of nitrogens with zero attached hydrogens (tertiary/aromatic N) is 5. The first-order chi connectivity index (χ1) is 18.0. The minimum absolute atomic E-state index is 0.209. The van der Waals surface area contributed by atoms with Gasteiger partial charge in [0.1, 0.15) is 28.7 Å². The molecule has 9 heteroatoms. The van der Waals surface area contributed by atoms with Gasteiger partial charge < -0.3 is 16.0 Å². The van der Waals surface area contributed by atoms with Gasteiger partial charge in [0.2, 0.25) is 0 Å². The van der Waals surface area contributed by atoms with Crippen molar-refractivity contribution in [1.82, 2.24) is 24.3 Å². The second-order valence-electron chi connectivity index (χ2n) is 8.82. The van der Waals surface area contributed by atoms with Crippen LogP contribution in [0.5, 0.6) is 0 Å². The first-order valence-corrected chi connectivity index (χ1v) is 12.2. The molecule has 0 saturated carbocycles. The van der Waals surface area contributed by atoms with Gasteiger partial charge in [0, 0.05) is 36.3 Å². The lowest BCUT2D eigenvalue weighted by atomic mass is 10.1. The molecule has 4 heterocycles. The summed E-state index contributed by atoms with van der Waals surface area (Å²) in [5.74, 6) is 6.45. The van der Waals surface area contributed by atoms with Gasteiger partial charge in [-0.15, -0.1) is 0 Å². The molecular weight excluding hydrogens is 466 g/mol. The fraction of sp³-hybridized carbons (Fsp3) is 0.250. The van der Waals surface area contributed by atoms with Gasteiger partial charge in [-0.2, -0.15) is 0 Å². The lowest BCUT2D eigenvalue weighted by Crippen LogP contribution is -2.30. The molecule has 1 fully saturated rings. The van der Waals surface area contributed by atoms with Crippen molar-refractivity contribution in [2.75, 3.05) is 17.6 Å². The molecule has 9 nitrogen and oxygen atoms in total. The number of fused-ring (bicyclic) bond motifs is 1. The zero-order chi connectivity index (χ0) is 25.9. The van der Waals surface area contributed by atoms with E-state index in [0.717, 1.165) is 30.4 Å². The number of likely N-dealkylation sites (tertiary alicyclic amines) is 1. The molecule has 1 saturated heterocycles. The third-order valence-corrected chi connectivity index (χ3v) is 6.55. The normalized spacial score (nSPS) is 14.9. The molecule has 186 valence electrons. The summed E-state index contributed by atoms with van der Waals surface area (Å²) in [7, 11) is 0. The van der Waals surface area contributed by atoms with Crippen LogP contribution in [0, 0.1) is 11.8 Å². The van der Waals surface area contributed by atoms with Crippen LogP contribution in [-0.2, 0) is 11.2 Å². The molecular formula is C28H27N7O2. The highest BCUT2D eigenvalue weighted by molar-refractivity contribution is 6.04. The van der Waals surface area contributed by atoms with Gasteiger partial charge in [0.15, 0.2) is 0 Å². The fourth-order valence-electron chi connectivity index (χ4n) is 4.71. The number of aromatic nitrogens is 4. The molecule has 37 heavy (non-hydrogen) atoms. The molecule has 5 rings (SSSR count). The molecule has 1 aromatic carbocycles. The first-order valence-electron chi connectivity index (χ1n) is 12.2. The summed E-state index contributed by atoms with van der Waals surface area (Å²) >= 11 is 0.